The highest BCUT2D eigenvalue weighted by Gasteiger charge is 2.50. The molecule has 11 heteroatoms. The number of H-pyrrole nitrogens is 1. The number of nitrogens with zero attached hydrogens (tertiary/aromatic N) is 1. The van der Waals surface area contributed by atoms with Crippen LogP contribution in [0.15, 0.2) is 12.1 Å². The highest BCUT2D eigenvalue weighted by Crippen LogP contribution is 2.59. The molecule has 0 aromatic carbocycles. The largest absolute Gasteiger partial charge is 0.388 e. The standard InChI is InChI=1S/C23H35N2O7PS/c1-7-22(5,32-33(29,30)23(6,28)8-2)11-16-17(26)18(27)19(31-16)15-10-14-12(3)9-13(4)24-20(14)25-21(15)34/h9-10,16-19,26-28H,7-8,11H2,1-6H3,(H,29,30)(H,24,25,34)/t16-,17?,18+,19+,22?,23?/m1/s1. The number of pyridine rings is 2. The van der Waals surface area contributed by atoms with Crippen molar-refractivity contribution in [1.82, 2.24) is 9.97 Å². The molecule has 3 rings (SSSR count). The third-order valence-corrected chi connectivity index (χ3v) is 9.41. The molecule has 5 N–H and O–H groups in total. The molecule has 34 heavy (non-hydrogen) atoms. The molecule has 0 bridgehead atoms. The van der Waals surface area contributed by atoms with Gasteiger partial charge in [-0.1, -0.05) is 26.1 Å². The highest BCUT2D eigenvalue weighted by molar-refractivity contribution is 7.71. The third-order valence-electron chi connectivity index (χ3n) is 6.86. The van der Waals surface area contributed by atoms with Gasteiger partial charge in [-0.2, -0.15) is 0 Å². The summed E-state index contributed by atoms with van der Waals surface area (Å²) in [7, 11) is -4.42. The Morgan fingerprint density at radius 3 is 2.44 bits per heavy atom. The molecule has 0 aliphatic carbocycles. The number of nitrogens with one attached hydrogen (secondary N) is 1. The van der Waals surface area contributed by atoms with Crippen LogP contribution in [-0.2, 0) is 13.8 Å². The first-order valence-electron chi connectivity index (χ1n) is 11.4. The van der Waals surface area contributed by atoms with Crippen LogP contribution in [0.3, 0.4) is 0 Å². The molecule has 190 valence electrons. The average molecular weight is 515 g/mol. The lowest BCUT2D eigenvalue weighted by Gasteiger charge is -2.37. The summed E-state index contributed by atoms with van der Waals surface area (Å²) in [5, 5.41) is 30.0. The Bertz CT molecular complexity index is 1120. The van der Waals surface area contributed by atoms with Crippen LogP contribution in [-0.4, -0.2) is 59.4 Å². The van der Waals surface area contributed by atoms with Crippen LogP contribution in [0.25, 0.3) is 11.4 Å². The van der Waals surface area contributed by atoms with Gasteiger partial charge < -0.3 is 34.5 Å². The molecule has 3 aliphatic heterocycles. The molecule has 3 aliphatic rings. The van der Waals surface area contributed by atoms with Crippen molar-refractivity contribution in [3.05, 3.63) is 33.6 Å². The number of rotatable bonds is 8. The van der Waals surface area contributed by atoms with E-state index in [1.54, 1.807) is 20.8 Å². The Labute approximate surface area is 205 Å². The topological polar surface area (TPSA) is 145 Å². The van der Waals surface area contributed by atoms with Gasteiger partial charge in [-0.25, -0.2) is 4.98 Å². The lowest BCUT2D eigenvalue weighted by Crippen LogP contribution is -2.40. The molecule has 3 heterocycles. The molecule has 7 atom stereocenters. The van der Waals surface area contributed by atoms with E-state index in [2.05, 4.69) is 9.97 Å². The van der Waals surface area contributed by atoms with Crippen LogP contribution in [0.1, 0.15) is 69.9 Å². The number of aryl methyl sites for hydroxylation is 2. The van der Waals surface area contributed by atoms with Crippen molar-refractivity contribution >= 4 is 19.8 Å². The van der Waals surface area contributed by atoms with Gasteiger partial charge in [0.2, 0.25) is 0 Å². The first-order chi connectivity index (χ1) is 15.6. The van der Waals surface area contributed by atoms with E-state index in [-0.39, 0.29) is 17.5 Å². The summed E-state index contributed by atoms with van der Waals surface area (Å²) >= 11 is 5.47. The first-order valence-corrected chi connectivity index (χ1v) is 13.4. The quantitative estimate of drug-likeness (QED) is 0.261. The van der Waals surface area contributed by atoms with E-state index in [1.165, 1.54) is 6.92 Å². The van der Waals surface area contributed by atoms with Gasteiger partial charge >= 0.3 is 7.60 Å². The van der Waals surface area contributed by atoms with Gasteiger partial charge in [-0.15, -0.1) is 0 Å². The van der Waals surface area contributed by atoms with E-state index in [4.69, 9.17) is 21.5 Å². The van der Waals surface area contributed by atoms with E-state index in [0.29, 0.717) is 17.8 Å². The van der Waals surface area contributed by atoms with Crippen molar-refractivity contribution in [2.24, 2.45) is 0 Å². The van der Waals surface area contributed by atoms with E-state index < -0.39 is 43.0 Å². The minimum Gasteiger partial charge on any atom is -0.388 e. The van der Waals surface area contributed by atoms with Gasteiger partial charge in [0, 0.05) is 23.2 Å². The molecular weight excluding hydrogens is 479 g/mol. The number of fused-ring (bicyclic) bond motifs is 1. The van der Waals surface area contributed by atoms with E-state index in [1.807, 2.05) is 26.0 Å². The summed E-state index contributed by atoms with van der Waals surface area (Å²) in [6.07, 6.45) is -4.03. The number of aromatic amines is 1. The fourth-order valence-corrected chi connectivity index (χ4v) is 5.84. The number of hydrogen-bond donors (Lipinski definition) is 5. The fourth-order valence-electron chi connectivity index (χ4n) is 4.18. The predicted octanol–water partition coefficient (Wildman–Crippen LogP) is 3.90. The number of aliphatic hydroxyl groups excluding tert-OH is 2. The zero-order valence-electron chi connectivity index (χ0n) is 20.4. The van der Waals surface area contributed by atoms with Crippen molar-refractivity contribution in [3.8, 4) is 11.4 Å². The molecule has 0 amide bonds. The minimum absolute atomic E-state index is 0.0162. The van der Waals surface area contributed by atoms with Gasteiger partial charge in [0.25, 0.3) is 0 Å². The van der Waals surface area contributed by atoms with Crippen molar-refractivity contribution in [2.75, 3.05) is 0 Å². The second-order valence-corrected chi connectivity index (χ2v) is 12.3. The Morgan fingerprint density at radius 1 is 1.21 bits per heavy atom. The maximum Gasteiger partial charge on any atom is 0.359 e. The number of ether oxygens (including phenoxy) is 1. The van der Waals surface area contributed by atoms with Gasteiger partial charge in [0.15, 0.2) is 5.34 Å². The van der Waals surface area contributed by atoms with Crippen molar-refractivity contribution in [1.29, 1.82) is 0 Å². The number of aromatic nitrogens is 2. The molecule has 1 saturated heterocycles. The van der Waals surface area contributed by atoms with Crippen molar-refractivity contribution < 1.29 is 34.0 Å². The number of hydrogen-bond acceptors (Lipinski definition) is 8. The van der Waals surface area contributed by atoms with Gasteiger partial charge in [-0.05, 0) is 58.2 Å². The van der Waals surface area contributed by atoms with Gasteiger partial charge in [0.1, 0.15) is 28.8 Å². The molecular formula is C23H35N2O7PS. The number of aliphatic hydroxyl groups is 3. The van der Waals surface area contributed by atoms with E-state index >= 15 is 0 Å². The molecule has 0 aromatic rings. The molecule has 0 saturated carbocycles. The predicted molar refractivity (Wildman–Crippen MR) is 130 cm³/mol. The van der Waals surface area contributed by atoms with Crippen LogP contribution in [0, 0.1) is 18.5 Å². The highest BCUT2D eigenvalue weighted by atomic mass is 32.1. The summed E-state index contributed by atoms with van der Waals surface area (Å²) < 4.78 is 24.7. The van der Waals surface area contributed by atoms with Crippen LogP contribution in [0.5, 0.6) is 0 Å². The maximum atomic E-state index is 12.8. The zero-order valence-corrected chi connectivity index (χ0v) is 22.1. The minimum atomic E-state index is -4.42. The smallest absolute Gasteiger partial charge is 0.359 e. The van der Waals surface area contributed by atoms with Crippen LogP contribution >= 0.6 is 19.8 Å². The molecule has 0 spiro atoms. The summed E-state index contributed by atoms with van der Waals surface area (Å²) in [5.74, 6) is 0.629. The lowest BCUT2D eigenvalue weighted by molar-refractivity contribution is -0.0532. The Morgan fingerprint density at radius 2 is 1.85 bits per heavy atom. The molecule has 1 fully saturated rings. The van der Waals surface area contributed by atoms with Crippen LogP contribution < -0.4 is 0 Å². The molecule has 0 aromatic heterocycles. The van der Waals surface area contributed by atoms with Gasteiger partial charge in [0.05, 0.1) is 11.7 Å². The Hall–Kier alpha value is -1.23. The summed E-state index contributed by atoms with van der Waals surface area (Å²) in [4.78, 5) is 18.1. The average Bonchev–Trinajstić information content (AvgIpc) is 3.00. The fraction of sp³-hybridized carbons (Fsp3) is 0.652. The summed E-state index contributed by atoms with van der Waals surface area (Å²) in [6.45, 7) is 10.1. The Kier molecular flexibility index (Phi) is 7.78. The van der Waals surface area contributed by atoms with Crippen LogP contribution in [0.2, 0.25) is 0 Å². The monoisotopic (exact) mass is 514 g/mol. The second kappa shape index (κ2) is 9.67. The van der Waals surface area contributed by atoms with E-state index in [0.717, 1.165) is 16.8 Å². The van der Waals surface area contributed by atoms with Crippen LogP contribution in [0.4, 0.5) is 0 Å². The SMILES string of the molecule is CCC(C)(C[C@H]1O[C@@H](c2cc3c(C)cc(C)[nH]c-3nc2=S)[C@@H](O)C1O)OP(=O)(O)C(C)(O)CC. The van der Waals surface area contributed by atoms with Crippen molar-refractivity contribution in [2.45, 2.75) is 96.2 Å². The molecule has 4 unspecified atom stereocenters. The second-order valence-electron chi connectivity index (χ2n) is 9.68. The van der Waals surface area contributed by atoms with E-state index in [9.17, 15) is 24.8 Å². The summed E-state index contributed by atoms with van der Waals surface area (Å²) in [5.41, 5.74) is 2.03. The third kappa shape index (κ3) is 5.15. The van der Waals surface area contributed by atoms with Gasteiger partial charge in [-0.3, -0.25) is 4.57 Å². The van der Waals surface area contributed by atoms with Crippen molar-refractivity contribution in [3.63, 3.8) is 0 Å². The normalized spacial score (nSPS) is 28.4. The molecule has 0 radical (unpaired) electrons. The molecule has 9 nitrogen and oxygen atoms in total. The summed E-state index contributed by atoms with van der Waals surface area (Å²) in [6, 6.07) is 3.79. The Balaban J connectivity index is 1.89. The lowest BCUT2D eigenvalue weighted by atomic mass is 9.92. The first kappa shape index (κ1) is 27.4. The maximum absolute atomic E-state index is 12.8. The zero-order chi connectivity index (χ0) is 25.6.